The first-order valence-electron chi connectivity index (χ1n) is 7.97. The Morgan fingerprint density at radius 3 is 2.37 bits per heavy atom. The van der Waals surface area contributed by atoms with Crippen molar-refractivity contribution in [1.29, 1.82) is 0 Å². The number of nitrogens with zero attached hydrogens (tertiary/aromatic N) is 2. The number of hydrogen-bond acceptors (Lipinski definition) is 6. The van der Waals surface area contributed by atoms with Crippen LogP contribution in [-0.2, 0) is 10.0 Å². The molecule has 1 aliphatic heterocycles. The fourth-order valence-corrected chi connectivity index (χ4v) is 3.77. The molecule has 7 nitrogen and oxygen atoms in total. The van der Waals surface area contributed by atoms with Crippen LogP contribution in [0.4, 0.5) is 5.69 Å². The zero-order valence-corrected chi connectivity index (χ0v) is 14.7. The number of benzene rings is 2. The van der Waals surface area contributed by atoms with Crippen molar-refractivity contribution in [2.24, 2.45) is 4.40 Å². The van der Waals surface area contributed by atoms with Gasteiger partial charge in [0.2, 0.25) is 0 Å². The second-order valence-electron chi connectivity index (χ2n) is 5.69. The van der Waals surface area contributed by atoms with Gasteiger partial charge in [0.05, 0.1) is 5.56 Å². The van der Waals surface area contributed by atoms with E-state index in [4.69, 9.17) is 4.74 Å². The topological polar surface area (TPSA) is 97.7 Å². The summed E-state index contributed by atoms with van der Waals surface area (Å²) in [6.45, 7) is 0. The van der Waals surface area contributed by atoms with Gasteiger partial charge in [0.1, 0.15) is 10.6 Å². The van der Waals surface area contributed by atoms with E-state index < -0.39 is 16.0 Å². The summed E-state index contributed by atoms with van der Waals surface area (Å²) in [6, 6.07) is 16.3. The third-order valence-corrected chi connectivity index (χ3v) is 5.21. The molecule has 1 aliphatic rings. The smallest absolute Gasteiger partial charge is 0.343 e. The lowest BCUT2D eigenvalue weighted by Gasteiger charge is -2.08. The maximum absolute atomic E-state index is 12.1. The monoisotopic (exact) mass is 379 g/mol. The summed E-state index contributed by atoms with van der Waals surface area (Å²) >= 11 is 0. The number of sulfonamides is 1. The minimum absolute atomic E-state index is 0.176. The molecule has 0 unspecified atom stereocenters. The van der Waals surface area contributed by atoms with Gasteiger partial charge in [-0.1, -0.05) is 12.1 Å². The summed E-state index contributed by atoms with van der Waals surface area (Å²) in [5, 5.41) is 2.99. The summed E-state index contributed by atoms with van der Waals surface area (Å²) in [5.41, 5.74) is 1.53. The van der Waals surface area contributed by atoms with Crippen LogP contribution in [0.25, 0.3) is 0 Å². The molecule has 0 fully saturated rings. The predicted octanol–water partition coefficient (Wildman–Crippen LogP) is 2.86. The summed E-state index contributed by atoms with van der Waals surface area (Å²) in [6.07, 6.45) is 3.02. The quantitative estimate of drug-likeness (QED) is 0.555. The number of pyridine rings is 1. The highest BCUT2D eigenvalue weighted by molar-refractivity contribution is 7.90. The van der Waals surface area contributed by atoms with Gasteiger partial charge < -0.3 is 10.1 Å². The van der Waals surface area contributed by atoms with Crippen LogP contribution >= 0.6 is 0 Å². The SMILES string of the molecule is O=C(Oc1ccc(NC2=NS(=O)(=O)c3ccccc32)cc1)c1ccncc1. The molecule has 8 heteroatoms. The maximum atomic E-state index is 12.1. The minimum atomic E-state index is -3.68. The third-order valence-electron chi connectivity index (χ3n) is 3.88. The van der Waals surface area contributed by atoms with Crippen molar-refractivity contribution in [3.05, 3.63) is 84.2 Å². The van der Waals surface area contributed by atoms with E-state index >= 15 is 0 Å². The van der Waals surface area contributed by atoms with E-state index in [0.29, 0.717) is 22.6 Å². The van der Waals surface area contributed by atoms with Crippen molar-refractivity contribution in [3.8, 4) is 5.75 Å². The molecule has 0 radical (unpaired) electrons. The van der Waals surface area contributed by atoms with Crippen LogP contribution in [0.2, 0.25) is 0 Å². The lowest BCUT2D eigenvalue weighted by molar-refractivity contribution is 0.0734. The van der Waals surface area contributed by atoms with Crippen molar-refractivity contribution in [1.82, 2.24) is 4.98 Å². The molecule has 4 rings (SSSR count). The van der Waals surface area contributed by atoms with Crippen LogP contribution in [0.15, 0.2) is 82.4 Å². The largest absolute Gasteiger partial charge is 0.423 e. The Morgan fingerprint density at radius 2 is 1.63 bits per heavy atom. The number of ether oxygens (including phenoxy) is 1. The van der Waals surface area contributed by atoms with Crippen molar-refractivity contribution in [2.75, 3.05) is 5.32 Å². The molecule has 0 aliphatic carbocycles. The van der Waals surface area contributed by atoms with Crippen LogP contribution < -0.4 is 10.1 Å². The molecule has 0 spiro atoms. The molecule has 0 saturated carbocycles. The molecule has 27 heavy (non-hydrogen) atoms. The van der Waals surface area contributed by atoms with Crippen molar-refractivity contribution >= 4 is 27.5 Å². The standard InChI is InChI=1S/C19H13N3O4S/c23-19(13-9-11-20-12-10-13)26-15-7-5-14(6-8-15)21-18-16-3-1-2-4-17(16)27(24,25)22-18/h1-12H,(H,21,22). The number of amidine groups is 1. The summed E-state index contributed by atoms with van der Waals surface area (Å²) < 4.78 is 33.2. The number of hydrogen-bond donors (Lipinski definition) is 1. The first-order chi connectivity index (χ1) is 13.0. The molecule has 1 N–H and O–H groups in total. The number of carbonyl (C=O) groups is 1. The fourth-order valence-electron chi connectivity index (χ4n) is 2.59. The normalized spacial score (nSPS) is 14.1. The van der Waals surface area contributed by atoms with Crippen LogP contribution in [0.1, 0.15) is 15.9 Å². The Kier molecular flexibility index (Phi) is 4.17. The van der Waals surface area contributed by atoms with Gasteiger partial charge in [-0.25, -0.2) is 4.79 Å². The Hall–Kier alpha value is -3.52. The number of aromatic nitrogens is 1. The number of rotatable bonds is 3. The number of anilines is 1. The fraction of sp³-hybridized carbons (Fsp3) is 0. The van der Waals surface area contributed by atoms with Crippen LogP contribution in [-0.4, -0.2) is 25.2 Å². The molecular weight excluding hydrogens is 366 g/mol. The molecule has 134 valence electrons. The maximum Gasteiger partial charge on any atom is 0.343 e. The predicted molar refractivity (Wildman–Crippen MR) is 99.4 cm³/mol. The van der Waals surface area contributed by atoms with Crippen molar-refractivity contribution < 1.29 is 17.9 Å². The zero-order chi connectivity index (χ0) is 18.9. The average Bonchev–Trinajstić information content (AvgIpc) is 2.94. The third kappa shape index (κ3) is 3.42. The highest BCUT2D eigenvalue weighted by atomic mass is 32.2. The highest BCUT2D eigenvalue weighted by Crippen LogP contribution is 2.27. The lowest BCUT2D eigenvalue weighted by atomic mass is 10.2. The molecule has 0 atom stereocenters. The van der Waals surface area contributed by atoms with Crippen LogP contribution in [0.5, 0.6) is 5.75 Å². The van der Waals surface area contributed by atoms with E-state index in [0.717, 1.165) is 0 Å². The highest BCUT2D eigenvalue weighted by Gasteiger charge is 2.28. The molecule has 2 aromatic carbocycles. The van der Waals surface area contributed by atoms with Crippen molar-refractivity contribution in [3.63, 3.8) is 0 Å². The Labute approximate surface area is 155 Å². The second-order valence-corrected chi connectivity index (χ2v) is 7.26. The second kappa shape index (κ2) is 6.65. The number of carbonyl (C=O) groups excluding carboxylic acids is 1. The van der Waals surface area contributed by atoms with E-state index in [9.17, 15) is 13.2 Å². The number of nitrogens with one attached hydrogen (secondary N) is 1. The van der Waals surface area contributed by atoms with E-state index in [2.05, 4.69) is 14.7 Å². The van der Waals surface area contributed by atoms with Gasteiger partial charge in [-0.05, 0) is 48.5 Å². The van der Waals surface area contributed by atoms with Gasteiger partial charge in [0.25, 0.3) is 10.0 Å². The van der Waals surface area contributed by atoms with Gasteiger partial charge in [0, 0.05) is 23.6 Å². The molecular formula is C19H13N3O4S. The Morgan fingerprint density at radius 1 is 0.926 bits per heavy atom. The van der Waals surface area contributed by atoms with E-state index in [-0.39, 0.29) is 10.7 Å². The Bertz CT molecular complexity index is 1140. The molecule has 3 aromatic rings. The van der Waals surface area contributed by atoms with Crippen molar-refractivity contribution in [2.45, 2.75) is 4.90 Å². The zero-order valence-electron chi connectivity index (χ0n) is 13.9. The van der Waals surface area contributed by atoms with E-state index in [1.807, 2.05) is 0 Å². The molecule has 0 amide bonds. The number of esters is 1. The van der Waals surface area contributed by atoms with Gasteiger partial charge in [-0.15, -0.1) is 4.40 Å². The van der Waals surface area contributed by atoms with Gasteiger partial charge >= 0.3 is 5.97 Å². The summed E-state index contributed by atoms with van der Waals surface area (Å²) in [7, 11) is -3.68. The van der Waals surface area contributed by atoms with Gasteiger partial charge in [-0.2, -0.15) is 8.42 Å². The molecule has 0 bridgehead atoms. The minimum Gasteiger partial charge on any atom is -0.423 e. The molecule has 2 heterocycles. The Balaban J connectivity index is 1.50. The summed E-state index contributed by atoms with van der Waals surface area (Å²) in [5.74, 6) is 0.133. The number of fused-ring (bicyclic) bond motifs is 1. The van der Waals surface area contributed by atoms with E-state index in [1.165, 1.54) is 18.5 Å². The van der Waals surface area contributed by atoms with Gasteiger partial charge in [-0.3, -0.25) is 4.98 Å². The first-order valence-corrected chi connectivity index (χ1v) is 9.41. The van der Waals surface area contributed by atoms with Gasteiger partial charge in [0.15, 0.2) is 5.84 Å². The van der Waals surface area contributed by atoms with Crippen LogP contribution in [0.3, 0.4) is 0 Å². The molecule has 1 aromatic heterocycles. The lowest BCUT2D eigenvalue weighted by Crippen LogP contribution is -2.11. The summed E-state index contributed by atoms with van der Waals surface area (Å²) in [4.78, 5) is 16.1. The van der Waals surface area contributed by atoms with E-state index in [1.54, 1.807) is 54.6 Å². The van der Waals surface area contributed by atoms with Crippen LogP contribution in [0, 0.1) is 0 Å². The molecule has 0 saturated heterocycles. The average molecular weight is 379 g/mol. The first kappa shape index (κ1) is 16.9.